The van der Waals surface area contributed by atoms with E-state index in [1.54, 1.807) is 14.0 Å². The topological polar surface area (TPSA) is 84.6 Å². The van der Waals surface area contributed by atoms with E-state index in [-0.39, 0.29) is 17.9 Å². The van der Waals surface area contributed by atoms with E-state index in [1.165, 1.54) is 0 Å². The van der Waals surface area contributed by atoms with Gasteiger partial charge in [0.05, 0.1) is 11.6 Å². The summed E-state index contributed by atoms with van der Waals surface area (Å²) in [5, 5.41) is 12.6. The molecule has 0 aliphatic carbocycles. The largest absolute Gasteiger partial charge is 0.388 e. The highest BCUT2D eigenvalue weighted by Crippen LogP contribution is 2.17. The van der Waals surface area contributed by atoms with Crippen LogP contribution in [0.15, 0.2) is 0 Å². The number of amides is 1. The molecule has 4 N–H and O–H groups in total. The number of carbonyl (C=O) groups is 1. The van der Waals surface area contributed by atoms with Crippen molar-refractivity contribution < 1.29 is 14.6 Å². The Morgan fingerprint density at radius 3 is 2.35 bits per heavy atom. The van der Waals surface area contributed by atoms with Crippen molar-refractivity contribution in [1.82, 2.24) is 5.32 Å². The zero-order valence-electron chi connectivity index (χ0n) is 11.5. The van der Waals surface area contributed by atoms with Gasteiger partial charge in [0.1, 0.15) is 0 Å². The van der Waals surface area contributed by atoms with Crippen LogP contribution in [0.5, 0.6) is 0 Å². The number of hydrogen-bond acceptors (Lipinski definition) is 4. The van der Waals surface area contributed by atoms with E-state index in [0.29, 0.717) is 13.0 Å². The Bertz CT molecular complexity index is 247. The molecule has 0 radical (unpaired) electrons. The molecule has 5 nitrogen and oxygen atoms in total. The Labute approximate surface area is 104 Å². The van der Waals surface area contributed by atoms with Crippen molar-refractivity contribution in [2.75, 3.05) is 20.3 Å². The van der Waals surface area contributed by atoms with Crippen LogP contribution in [-0.2, 0) is 9.53 Å². The van der Waals surface area contributed by atoms with Gasteiger partial charge in [-0.15, -0.1) is 0 Å². The fourth-order valence-corrected chi connectivity index (χ4v) is 1.19. The van der Waals surface area contributed by atoms with E-state index >= 15 is 0 Å². The van der Waals surface area contributed by atoms with Gasteiger partial charge in [0.2, 0.25) is 5.91 Å². The lowest BCUT2D eigenvalue weighted by Crippen LogP contribution is -2.52. The number of ether oxygens (including phenoxy) is 1. The third-order valence-electron chi connectivity index (χ3n) is 2.70. The van der Waals surface area contributed by atoms with Crippen molar-refractivity contribution in [2.24, 2.45) is 11.1 Å². The van der Waals surface area contributed by atoms with Crippen molar-refractivity contribution >= 4 is 5.91 Å². The predicted octanol–water partition coefficient (Wildman–Crippen LogP) is 0.264. The average Bonchev–Trinajstić information content (AvgIpc) is 2.21. The quantitative estimate of drug-likeness (QED) is 0.628. The molecule has 0 aliphatic rings. The zero-order chi connectivity index (χ0) is 13.7. The smallest absolute Gasteiger partial charge is 0.237 e. The fraction of sp³-hybridized carbons (Fsp3) is 0.917. The number of methoxy groups -OCH3 is 1. The summed E-state index contributed by atoms with van der Waals surface area (Å²) in [7, 11) is 1.57. The third-order valence-corrected chi connectivity index (χ3v) is 2.70. The average molecular weight is 246 g/mol. The van der Waals surface area contributed by atoms with Crippen LogP contribution in [0.4, 0.5) is 0 Å². The second kappa shape index (κ2) is 6.33. The molecule has 5 heteroatoms. The third kappa shape index (κ3) is 6.61. The molecule has 0 bridgehead atoms. The second-order valence-corrected chi connectivity index (χ2v) is 5.80. The van der Waals surface area contributed by atoms with Crippen molar-refractivity contribution in [3.8, 4) is 0 Å². The zero-order valence-corrected chi connectivity index (χ0v) is 11.5. The first-order valence-corrected chi connectivity index (χ1v) is 5.85. The molecular weight excluding hydrogens is 220 g/mol. The molecule has 1 amide bonds. The summed E-state index contributed by atoms with van der Waals surface area (Å²) >= 11 is 0. The maximum Gasteiger partial charge on any atom is 0.237 e. The standard InChI is InChI=1S/C12H26N2O3/c1-11(2,3)9(13)10(15)14-8-12(4,16)6-7-17-5/h9,16H,6-8,13H2,1-5H3,(H,14,15)/t9-,12?/m1/s1. The van der Waals surface area contributed by atoms with Crippen molar-refractivity contribution in [2.45, 2.75) is 45.8 Å². The molecule has 0 spiro atoms. The number of rotatable bonds is 6. The lowest BCUT2D eigenvalue weighted by molar-refractivity contribution is -0.125. The van der Waals surface area contributed by atoms with Crippen molar-refractivity contribution in [1.29, 1.82) is 0 Å². The highest BCUT2D eigenvalue weighted by Gasteiger charge is 2.29. The van der Waals surface area contributed by atoms with Crippen molar-refractivity contribution in [3.05, 3.63) is 0 Å². The van der Waals surface area contributed by atoms with Gasteiger partial charge in [-0.1, -0.05) is 20.8 Å². The fourth-order valence-electron chi connectivity index (χ4n) is 1.19. The Hall–Kier alpha value is -0.650. The summed E-state index contributed by atoms with van der Waals surface area (Å²) in [6.45, 7) is 8.00. The summed E-state index contributed by atoms with van der Waals surface area (Å²) in [5.74, 6) is -0.241. The van der Waals surface area contributed by atoms with Crippen LogP contribution >= 0.6 is 0 Å². The molecule has 0 saturated carbocycles. The van der Waals surface area contributed by atoms with E-state index in [9.17, 15) is 9.90 Å². The Morgan fingerprint density at radius 1 is 1.41 bits per heavy atom. The normalized spacial score (nSPS) is 17.4. The number of nitrogens with two attached hydrogens (primary N) is 1. The van der Waals surface area contributed by atoms with Crippen LogP contribution in [-0.4, -0.2) is 42.9 Å². The molecule has 102 valence electrons. The van der Waals surface area contributed by atoms with Crippen LogP contribution < -0.4 is 11.1 Å². The van der Waals surface area contributed by atoms with Crippen LogP contribution in [0.2, 0.25) is 0 Å². The molecule has 0 aromatic rings. The molecule has 0 aliphatic heterocycles. The number of nitrogens with one attached hydrogen (secondary N) is 1. The Kier molecular flexibility index (Phi) is 6.09. The minimum atomic E-state index is -0.969. The van der Waals surface area contributed by atoms with Gasteiger partial charge < -0.3 is 20.9 Å². The molecule has 0 fully saturated rings. The van der Waals surface area contributed by atoms with E-state index in [1.807, 2.05) is 20.8 Å². The maximum absolute atomic E-state index is 11.7. The van der Waals surface area contributed by atoms with Gasteiger partial charge in [0.25, 0.3) is 0 Å². The molecule has 0 saturated heterocycles. The molecule has 0 aromatic carbocycles. The van der Waals surface area contributed by atoms with Crippen LogP contribution in [0, 0.1) is 5.41 Å². The highest BCUT2D eigenvalue weighted by molar-refractivity contribution is 5.82. The first-order chi connectivity index (χ1) is 7.60. The van der Waals surface area contributed by atoms with Crippen molar-refractivity contribution in [3.63, 3.8) is 0 Å². The predicted molar refractivity (Wildman–Crippen MR) is 67.6 cm³/mol. The van der Waals surface area contributed by atoms with Gasteiger partial charge in [-0.3, -0.25) is 4.79 Å². The highest BCUT2D eigenvalue weighted by atomic mass is 16.5. The first kappa shape index (κ1) is 16.4. The SMILES string of the molecule is COCCC(C)(O)CNC(=O)[C@@H](N)C(C)(C)C. The van der Waals surface area contributed by atoms with Gasteiger partial charge in [-0.05, 0) is 12.3 Å². The monoisotopic (exact) mass is 246 g/mol. The van der Waals surface area contributed by atoms with E-state index < -0.39 is 11.6 Å². The van der Waals surface area contributed by atoms with Crippen LogP contribution in [0.25, 0.3) is 0 Å². The maximum atomic E-state index is 11.7. The molecule has 0 rings (SSSR count). The molecule has 1 unspecified atom stereocenters. The summed E-state index contributed by atoms with van der Waals surface area (Å²) in [5.41, 5.74) is 4.55. The number of hydrogen-bond donors (Lipinski definition) is 3. The first-order valence-electron chi connectivity index (χ1n) is 5.85. The van der Waals surface area contributed by atoms with Gasteiger partial charge in [0.15, 0.2) is 0 Å². The summed E-state index contributed by atoms with van der Waals surface area (Å²) < 4.78 is 4.89. The Balaban J connectivity index is 4.15. The summed E-state index contributed by atoms with van der Waals surface area (Å²) in [6, 6.07) is -0.583. The number of carbonyl (C=O) groups excluding carboxylic acids is 1. The minimum Gasteiger partial charge on any atom is -0.388 e. The van der Waals surface area contributed by atoms with Crippen LogP contribution in [0.3, 0.4) is 0 Å². The molecular formula is C12H26N2O3. The molecule has 0 heterocycles. The minimum absolute atomic E-state index is 0.180. The summed E-state index contributed by atoms with van der Waals surface area (Å²) in [4.78, 5) is 11.7. The van der Waals surface area contributed by atoms with E-state index in [0.717, 1.165) is 0 Å². The Morgan fingerprint density at radius 2 is 1.94 bits per heavy atom. The van der Waals surface area contributed by atoms with E-state index in [4.69, 9.17) is 10.5 Å². The lowest BCUT2D eigenvalue weighted by atomic mass is 9.87. The van der Waals surface area contributed by atoms with Gasteiger partial charge in [-0.25, -0.2) is 0 Å². The lowest BCUT2D eigenvalue weighted by Gasteiger charge is -2.28. The summed E-state index contributed by atoms with van der Waals surface area (Å²) in [6.07, 6.45) is 0.467. The molecule has 0 aromatic heterocycles. The molecule has 17 heavy (non-hydrogen) atoms. The second-order valence-electron chi connectivity index (χ2n) is 5.80. The van der Waals surface area contributed by atoms with E-state index in [2.05, 4.69) is 5.32 Å². The number of aliphatic hydroxyl groups is 1. The molecule has 2 atom stereocenters. The van der Waals surface area contributed by atoms with Gasteiger partial charge in [0, 0.05) is 26.7 Å². The van der Waals surface area contributed by atoms with Gasteiger partial charge >= 0.3 is 0 Å². The van der Waals surface area contributed by atoms with Crippen LogP contribution in [0.1, 0.15) is 34.1 Å². The van der Waals surface area contributed by atoms with Gasteiger partial charge in [-0.2, -0.15) is 0 Å².